The lowest BCUT2D eigenvalue weighted by molar-refractivity contribution is -0.134. The van der Waals surface area contributed by atoms with Crippen molar-refractivity contribution >= 4 is 28.1 Å². The van der Waals surface area contributed by atoms with Crippen LogP contribution in [0.1, 0.15) is 20.8 Å². The molecule has 27 heavy (non-hydrogen) atoms. The molecule has 0 spiro atoms. The van der Waals surface area contributed by atoms with Crippen LogP contribution in [0.2, 0.25) is 0 Å². The predicted octanol–water partition coefficient (Wildman–Crippen LogP) is 5.17. The van der Waals surface area contributed by atoms with E-state index in [9.17, 15) is 22.4 Å². The van der Waals surface area contributed by atoms with E-state index in [1.165, 1.54) is 24.3 Å². The Balaban J connectivity index is 1.62. The second-order valence-electron chi connectivity index (χ2n) is 5.54. The van der Waals surface area contributed by atoms with Crippen LogP contribution in [0.3, 0.4) is 0 Å². The summed E-state index contributed by atoms with van der Waals surface area (Å²) in [5, 5.41) is 5.67. The molecule has 140 valence electrons. The maximum absolute atomic E-state index is 12.9. The number of nitrogens with one attached hydrogen (secondary N) is 2. The van der Waals surface area contributed by atoms with Crippen LogP contribution in [0.15, 0.2) is 54.7 Å². The molecule has 3 aromatic rings. The topological polar surface area (TPSA) is 54.0 Å². The average Bonchev–Trinajstić information content (AvgIpc) is 3.10. The molecule has 2 aromatic carbocycles. The molecule has 1 amide bonds. The summed E-state index contributed by atoms with van der Waals surface area (Å²) in [6, 6.07) is 12.0. The Bertz CT molecular complexity index is 938. The summed E-state index contributed by atoms with van der Waals surface area (Å²) >= 11 is 0.525. The van der Waals surface area contributed by atoms with E-state index in [0.717, 1.165) is 11.8 Å². The number of amides is 1. The van der Waals surface area contributed by atoms with Gasteiger partial charge >= 0.3 is 6.18 Å². The summed E-state index contributed by atoms with van der Waals surface area (Å²) in [6.45, 7) is 0.241. The summed E-state index contributed by atoms with van der Waals surface area (Å²) in [6.07, 6.45) is -3.63. The van der Waals surface area contributed by atoms with Crippen LogP contribution in [0.5, 0.6) is 0 Å². The number of thiazole rings is 1. The van der Waals surface area contributed by atoms with Crippen molar-refractivity contribution in [3.63, 3.8) is 0 Å². The maximum Gasteiger partial charge on any atom is 0.427 e. The number of rotatable bonds is 5. The van der Waals surface area contributed by atoms with Crippen LogP contribution in [0.4, 0.5) is 28.4 Å². The van der Waals surface area contributed by atoms with Crippen molar-refractivity contribution < 1.29 is 22.4 Å². The number of halogens is 4. The van der Waals surface area contributed by atoms with E-state index in [0.29, 0.717) is 22.6 Å². The number of nitrogens with zero attached hydrogens (tertiary/aromatic N) is 1. The van der Waals surface area contributed by atoms with Crippen molar-refractivity contribution in [3.05, 3.63) is 76.5 Å². The Morgan fingerprint density at radius 2 is 1.85 bits per heavy atom. The first-order chi connectivity index (χ1) is 12.8. The van der Waals surface area contributed by atoms with Gasteiger partial charge in [-0.2, -0.15) is 13.2 Å². The summed E-state index contributed by atoms with van der Waals surface area (Å²) in [5.41, 5.74) is 1.57. The van der Waals surface area contributed by atoms with Gasteiger partial charge in [0.1, 0.15) is 10.7 Å². The molecule has 3 rings (SSSR count). The van der Waals surface area contributed by atoms with Crippen LogP contribution in [-0.2, 0) is 12.7 Å². The highest BCUT2D eigenvalue weighted by molar-refractivity contribution is 7.15. The molecule has 0 aliphatic heterocycles. The molecule has 0 saturated carbocycles. The molecule has 0 radical (unpaired) electrons. The zero-order valence-electron chi connectivity index (χ0n) is 13.7. The van der Waals surface area contributed by atoms with Crippen molar-refractivity contribution in [2.24, 2.45) is 0 Å². The molecule has 0 aliphatic carbocycles. The van der Waals surface area contributed by atoms with Gasteiger partial charge in [0.2, 0.25) is 0 Å². The Labute approximate surface area is 155 Å². The van der Waals surface area contributed by atoms with Gasteiger partial charge < -0.3 is 10.6 Å². The molecule has 0 fully saturated rings. The van der Waals surface area contributed by atoms with Gasteiger partial charge in [0.25, 0.3) is 5.91 Å². The van der Waals surface area contributed by atoms with Crippen LogP contribution < -0.4 is 10.6 Å². The summed E-state index contributed by atoms with van der Waals surface area (Å²) in [4.78, 5) is 15.1. The minimum Gasteiger partial charge on any atom is -0.357 e. The van der Waals surface area contributed by atoms with Crippen LogP contribution >= 0.6 is 11.3 Å². The Kier molecular flexibility index (Phi) is 5.41. The highest BCUT2D eigenvalue weighted by Gasteiger charge is 2.33. The van der Waals surface area contributed by atoms with Crippen molar-refractivity contribution in [2.75, 3.05) is 10.6 Å². The normalized spacial score (nSPS) is 11.3. The number of aromatic nitrogens is 1. The minimum absolute atomic E-state index is 0.156. The van der Waals surface area contributed by atoms with Crippen molar-refractivity contribution in [2.45, 2.75) is 12.7 Å². The predicted molar refractivity (Wildman–Crippen MR) is 95.2 cm³/mol. The average molecular weight is 395 g/mol. The van der Waals surface area contributed by atoms with Crippen molar-refractivity contribution in [3.8, 4) is 0 Å². The van der Waals surface area contributed by atoms with Gasteiger partial charge in [-0.1, -0.05) is 23.5 Å². The third-order valence-electron chi connectivity index (χ3n) is 3.52. The molecule has 1 aromatic heterocycles. The van der Waals surface area contributed by atoms with E-state index in [1.807, 2.05) is 0 Å². The Morgan fingerprint density at radius 1 is 1.11 bits per heavy atom. The number of alkyl halides is 3. The van der Waals surface area contributed by atoms with Gasteiger partial charge in [0.15, 0.2) is 5.13 Å². The second-order valence-corrected chi connectivity index (χ2v) is 6.57. The van der Waals surface area contributed by atoms with E-state index in [2.05, 4.69) is 15.6 Å². The lowest BCUT2D eigenvalue weighted by Gasteiger charge is -2.08. The third-order valence-corrected chi connectivity index (χ3v) is 4.52. The van der Waals surface area contributed by atoms with Gasteiger partial charge in [0, 0.05) is 17.8 Å². The summed E-state index contributed by atoms with van der Waals surface area (Å²) in [7, 11) is 0. The fraction of sp³-hybridized carbons (Fsp3) is 0.111. The standard InChI is InChI=1S/C18H13F4N3OS/c19-13-6-4-12(5-7-13)16(26)25-14-3-1-2-11(8-14)9-23-17-24-10-15(27-17)18(20,21)22/h1-8,10H,9H2,(H,23,24)(H,25,26). The highest BCUT2D eigenvalue weighted by Crippen LogP contribution is 2.35. The molecule has 2 N–H and O–H groups in total. The van der Waals surface area contributed by atoms with Gasteiger partial charge in [-0.25, -0.2) is 9.37 Å². The van der Waals surface area contributed by atoms with E-state index in [-0.39, 0.29) is 11.7 Å². The van der Waals surface area contributed by atoms with Gasteiger partial charge in [-0.15, -0.1) is 0 Å². The van der Waals surface area contributed by atoms with E-state index >= 15 is 0 Å². The fourth-order valence-corrected chi connectivity index (χ4v) is 2.91. The zero-order chi connectivity index (χ0) is 19.4. The molecular weight excluding hydrogens is 382 g/mol. The maximum atomic E-state index is 12.9. The van der Waals surface area contributed by atoms with Gasteiger partial charge in [-0.3, -0.25) is 4.79 Å². The van der Waals surface area contributed by atoms with E-state index in [4.69, 9.17) is 0 Å². The number of hydrogen-bond acceptors (Lipinski definition) is 4. The first-order valence-electron chi connectivity index (χ1n) is 7.74. The Morgan fingerprint density at radius 3 is 2.52 bits per heavy atom. The highest BCUT2D eigenvalue weighted by atomic mass is 32.1. The molecule has 0 unspecified atom stereocenters. The van der Waals surface area contributed by atoms with Gasteiger partial charge in [0.05, 0.1) is 6.20 Å². The summed E-state index contributed by atoms with van der Waals surface area (Å²) in [5.74, 6) is -0.828. The SMILES string of the molecule is O=C(Nc1cccc(CNc2ncc(C(F)(F)F)s2)c1)c1ccc(F)cc1. The fourth-order valence-electron chi connectivity index (χ4n) is 2.23. The molecule has 0 saturated heterocycles. The van der Waals surface area contributed by atoms with Gasteiger partial charge in [-0.05, 0) is 42.0 Å². The third kappa shape index (κ3) is 5.04. The van der Waals surface area contributed by atoms with Crippen LogP contribution in [0, 0.1) is 5.82 Å². The quantitative estimate of drug-likeness (QED) is 0.587. The van der Waals surface area contributed by atoms with Crippen LogP contribution in [0.25, 0.3) is 0 Å². The lowest BCUT2D eigenvalue weighted by Crippen LogP contribution is -2.12. The Hall–Kier alpha value is -2.94. The smallest absolute Gasteiger partial charge is 0.357 e. The largest absolute Gasteiger partial charge is 0.427 e. The zero-order valence-corrected chi connectivity index (χ0v) is 14.5. The van der Waals surface area contributed by atoms with Crippen molar-refractivity contribution in [1.29, 1.82) is 0 Å². The monoisotopic (exact) mass is 395 g/mol. The number of hydrogen-bond donors (Lipinski definition) is 2. The van der Waals surface area contributed by atoms with E-state index < -0.39 is 22.8 Å². The molecule has 9 heteroatoms. The van der Waals surface area contributed by atoms with Crippen molar-refractivity contribution in [1.82, 2.24) is 4.98 Å². The number of carbonyl (C=O) groups is 1. The number of carbonyl (C=O) groups excluding carboxylic acids is 1. The van der Waals surface area contributed by atoms with Crippen LogP contribution in [-0.4, -0.2) is 10.9 Å². The first-order valence-corrected chi connectivity index (χ1v) is 8.56. The second kappa shape index (κ2) is 7.75. The molecule has 0 aliphatic rings. The molecule has 4 nitrogen and oxygen atoms in total. The first kappa shape index (κ1) is 18.8. The molecule has 1 heterocycles. The molecule has 0 atom stereocenters. The summed E-state index contributed by atoms with van der Waals surface area (Å²) < 4.78 is 50.7. The molecule has 0 bridgehead atoms. The molecular formula is C18H13F4N3OS. The van der Waals surface area contributed by atoms with E-state index in [1.54, 1.807) is 24.3 Å². The minimum atomic E-state index is -4.41. The lowest BCUT2D eigenvalue weighted by atomic mass is 10.1. The number of anilines is 2. The number of benzene rings is 2.